The van der Waals surface area contributed by atoms with Gasteiger partial charge in [-0.25, -0.2) is 0 Å². The molecule has 0 heterocycles. The van der Waals surface area contributed by atoms with Crippen LogP contribution in [0.15, 0.2) is 0 Å². The molecule has 0 saturated heterocycles. The maximum atomic E-state index is 12.1. The van der Waals surface area contributed by atoms with E-state index in [2.05, 4.69) is 13.8 Å². The molecule has 0 amide bonds. The van der Waals surface area contributed by atoms with Crippen molar-refractivity contribution >= 4 is 23.7 Å². The molecule has 0 aromatic heterocycles. The van der Waals surface area contributed by atoms with Crippen LogP contribution in [0.5, 0.6) is 0 Å². The van der Waals surface area contributed by atoms with Crippen LogP contribution in [0.2, 0.25) is 0 Å². The van der Waals surface area contributed by atoms with Gasteiger partial charge in [0.1, 0.15) is 0 Å². The molecule has 0 aliphatic heterocycles. The largest absolute Gasteiger partial charge is 0.466 e. The summed E-state index contributed by atoms with van der Waals surface area (Å²) in [5.74, 6) is 1.22. The van der Waals surface area contributed by atoms with E-state index in [1.807, 2.05) is 0 Å². The minimum Gasteiger partial charge on any atom is -0.466 e. The zero-order valence-electron chi connectivity index (χ0n) is 43.2. The topological polar surface area (TPSA) is 52.6 Å². The van der Waals surface area contributed by atoms with Gasteiger partial charge in [0.25, 0.3) is 0 Å². The summed E-state index contributed by atoms with van der Waals surface area (Å²) < 4.78 is 10.9. The lowest BCUT2D eigenvalue weighted by Crippen LogP contribution is -2.09. The van der Waals surface area contributed by atoms with E-state index in [4.69, 9.17) is 9.47 Å². The average Bonchev–Trinajstić information content (AvgIpc) is 3.28. The van der Waals surface area contributed by atoms with Crippen molar-refractivity contribution in [1.29, 1.82) is 0 Å². The highest BCUT2D eigenvalue weighted by Crippen LogP contribution is 2.18. The zero-order chi connectivity index (χ0) is 45.5. The van der Waals surface area contributed by atoms with Gasteiger partial charge < -0.3 is 9.47 Å². The fraction of sp³-hybridized carbons (Fsp3) is 0.966. The molecule has 0 atom stereocenters. The Balaban J connectivity index is 3.22. The van der Waals surface area contributed by atoms with Crippen LogP contribution in [0.3, 0.4) is 0 Å². The lowest BCUT2D eigenvalue weighted by Gasteiger charge is -2.06. The Labute approximate surface area is 400 Å². The second kappa shape index (κ2) is 57.4. The van der Waals surface area contributed by atoms with Gasteiger partial charge in [-0.15, -0.1) is 0 Å². The maximum Gasteiger partial charge on any atom is 0.306 e. The summed E-state index contributed by atoms with van der Waals surface area (Å²) in [7, 11) is 0. The molecule has 0 unspecified atom stereocenters. The molecule has 0 bridgehead atoms. The van der Waals surface area contributed by atoms with Crippen LogP contribution in [0, 0.1) is 0 Å². The smallest absolute Gasteiger partial charge is 0.306 e. The Morgan fingerprint density at radius 2 is 0.413 bits per heavy atom. The van der Waals surface area contributed by atoms with Crippen molar-refractivity contribution in [2.24, 2.45) is 0 Å². The molecule has 4 nitrogen and oxygen atoms in total. The highest BCUT2D eigenvalue weighted by atomic mass is 32.2. The van der Waals surface area contributed by atoms with E-state index in [-0.39, 0.29) is 11.9 Å². The molecule has 0 aliphatic rings. The summed E-state index contributed by atoms with van der Waals surface area (Å²) in [6.45, 7) is 5.70. The van der Waals surface area contributed by atoms with Gasteiger partial charge in [0.2, 0.25) is 0 Å². The van der Waals surface area contributed by atoms with Gasteiger partial charge in [-0.3, -0.25) is 9.59 Å². The summed E-state index contributed by atoms with van der Waals surface area (Å²) in [6.07, 6.45) is 67.6. The first-order valence-corrected chi connectivity index (χ1v) is 30.2. The first-order chi connectivity index (χ1) is 31.2. The predicted octanol–water partition coefficient (Wildman–Crippen LogP) is 20.4. The molecule has 0 saturated carbocycles. The Kier molecular flexibility index (Phi) is 56.8. The van der Waals surface area contributed by atoms with E-state index in [1.165, 1.54) is 283 Å². The van der Waals surface area contributed by atoms with Crippen LogP contribution in [-0.2, 0) is 19.1 Å². The molecular weight excluding hydrogens is 793 g/mol. The van der Waals surface area contributed by atoms with Crippen molar-refractivity contribution in [1.82, 2.24) is 0 Å². The first-order valence-electron chi connectivity index (χ1n) is 29.1. The van der Waals surface area contributed by atoms with Gasteiger partial charge in [-0.05, 0) is 12.8 Å². The molecule has 0 spiro atoms. The van der Waals surface area contributed by atoms with Crippen LogP contribution < -0.4 is 0 Å². The van der Waals surface area contributed by atoms with Crippen molar-refractivity contribution < 1.29 is 19.1 Å². The number of carbonyl (C=O) groups is 2. The molecule has 0 fully saturated rings. The van der Waals surface area contributed by atoms with Gasteiger partial charge >= 0.3 is 11.9 Å². The number of thioether (sulfide) groups is 1. The minimum atomic E-state index is -0.102. The summed E-state index contributed by atoms with van der Waals surface area (Å²) in [5, 5.41) is 0. The van der Waals surface area contributed by atoms with Crippen LogP contribution in [0.4, 0.5) is 0 Å². The van der Waals surface area contributed by atoms with Crippen molar-refractivity contribution in [2.75, 3.05) is 24.7 Å². The molecular formula is C58H114O4S. The van der Waals surface area contributed by atoms with Gasteiger partial charge in [0.05, 0.1) is 26.1 Å². The predicted molar refractivity (Wildman–Crippen MR) is 281 cm³/mol. The van der Waals surface area contributed by atoms with E-state index in [1.54, 1.807) is 11.8 Å². The SMILES string of the molecule is CCCCCCCCCCCCCCCCCCCCCCCCCCOC(=O)CCSCCC(=O)OCCCCCCCCCCCCCCCCCCCCCCCCCC. The van der Waals surface area contributed by atoms with Crippen molar-refractivity contribution in [3.8, 4) is 0 Å². The third kappa shape index (κ3) is 57.4. The zero-order valence-corrected chi connectivity index (χ0v) is 44.0. The Bertz CT molecular complexity index is 796. The van der Waals surface area contributed by atoms with Gasteiger partial charge in [0, 0.05) is 11.5 Å². The lowest BCUT2D eigenvalue weighted by atomic mass is 10.0. The minimum absolute atomic E-state index is 0.102. The second-order valence-corrected chi connectivity index (χ2v) is 21.0. The van der Waals surface area contributed by atoms with E-state index in [0.29, 0.717) is 37.6 Å². The molecule has 5 heteroatoms. The molecule has 0 rings (SSSR count). The maximum absolute atomic E-state index is 12.1. The van der Waals surface area contributed by atoms with Crippen LogP contribution in [-0.4, -0.2) is 36.7 Å². The monoisotopic (exact) mass is 907 g/mol. The van der Waals surface area contributed by atoms with Crippen LogP contribution >= 0.6 is 11.8 Å². The summed E-state index contributed by atoms with van der Waals surface area (Å²) in [4.78, 5) is 24.1. The fourth-order valence-electron chi connectivity index (χ4n) is 9.06. The number of ether oxygens (including phenoxy) is 2. The van der Waals surface area contributed by atoms with E-state index >= 15 is 0 Å². The summed E-state index contributed by atoms with van der Waals surface area (Å²) in [5.41, 5.74) is 0. The van der Waals surface area contributed by atoms with E-state index < -0.39 is 0 Å². The first kappa shape index (κ1) is 62.3. The molecule has 376 valence electrons. The normalized spacial score (nSPS) is 11.5. The molecule has 0 aromatic carbocycles. The average molecular weight is 908 g/mol. The van der Waals surface area contributed by atoms with Crippen LogP contribution in [0.1, 0.15) is 335 Å². The molecule has 63 heavy (non-hydrogen) atoms. The Morgan fingerprint density at radius 3 is 0.587 bits per heavy atom. The number of carbonyl (C=O) groups excluding carboxylic acids is 2. The highest BCUT2D eigenvalue weighted by Gasteiger charge is 2.06. The van der Waals surface area contributed by atoms with E-state index in [0.717, 1.165) is 25.7 Å². The van der Waals surface area contributed by atoms with Gasteiger partial charge in [0.15, 0.2) is 0 Å². The lowest BCUT2D eigenvalue weighted by molar-refractivity contribution is -0.144. The Hall–Kier alpha value is -0.710. The number of rotatable bonds is 56. The standard InChI is InChI=1S/C58H114O4S/c1-3-5-7-9-11-13-15-17-19-21-23-25-27-29-31-33-35-37-39-41-43-45-47-49-53-61-57(59)51-55-63-56-52-58(60)62-54-50-48-46-44-42-40-38-36-34-32-30-28-26-24-22-20-18-16-14-12-10-8-6-4-2/h3-56H2,1-2H3. The summed E-state index contributed by atoms with van der Waals surface area (Å²) in [6, 6.07) is 0. The fourth-order valence-corrected chi connectivity index (χ4v) is 9.88. The molecule has 0 N–H and O–H groups in total. The molecule has 0 radical (unpaired) electrons. The molecule has 0 aromatic rings. The number of hydrogen-bond acceptors (Lipinski definition) is 5. The third-order valence-electron chi connectivity index (χ3n) is 13.4. The number of esters is 2. The third-order valence-corrected chi connectivity index (χ3v) is 14.4. The van der Waals surface area contributed by atoms with Crippen molar-refractivity contribution in [2.45, 2.75) is 335 Å². The van der Waals surface area contributed by atoms with E-state index in [9.17, 15) is 9.59 Å². The highest BCUT2D eigenvalue weighted by molar-refractivity contribution is 7.99. The summed E-state index contributed by atoms with van der Waals surface area (Å²) >= 11 is 1.65. The van der Waals surface area contributed by atoms with Crippen molar-refractivity contribution in [3.05, 3.63) is 0 Å². The quantitative estimate of drug-likeness (QED) is 0.0450. The Morgan fingerprint density at radius 1 is 0.254 bits per heavy atom. The molecule has 0 aliphatic carbocycles. The van der Waals surface area contributed by atoms with Gasteiger partial charge in [-0.1, -0.05) is 309 Å². The second-order valence-electron chi connectivity index (χ2n) is 19.8. The number of hydrogen-bond donors (Lipinski definition) is 0. The van der Waals surface area contributed by atoms with Gasteiger partial charge in [-0.2, -0.15) is 11.8 Å². The number of unbranched alkanes of at least 4 members (excludes halogenated alkanes) is 46. The van der Waals surface area contributed by atoms with Crippen LogP contribution in [0.25, 0.3) is 0 Å². The van der Waals surface area contributed by atoms with Crippen molar-refractivity contribution in [3.63, 3.8) is 0 Å².